The van der Waals surface area contributed by atoms with Crippen molar-refractivity contribution < 1.29 is 22.6 Å². The Morgan fingerprint density at radius 3 is 1.74 bits per heavy atom. The SMILES string of the molecule is C=CCCC(CCOC)S(=O)(=O)N(Cc1ccc(OC)cc1)Cc1ccc(OC)cc1. The monoisotopic (exact) mass is 447 g/mol. The summed E-state index contributed by atoms with van der Waals surface area (Å²) in [5, 5.41) is -0.540. The highest BCUT2D eigenvalue weighted by Crippen LogP contribution is 2.24. The fourth-order valence-electron chi connectivity index (χ4n) is 3.31. The summed E-state index contributed by atoms with van der Waals surface area (Å²) in [6.07, 6.45) is 3.34. The zero-order valence-electron chi connectivity index (χ0n) is 18.6. The van der Waals surface area contributed by atoms with Gasteiger partial charge in [-0.15, -0.1) is 6.58 Å². The number of hydrogen-bond donors (Lipinski definition) is 0. The highest BCUT2D eigenvalue weighted by Gasteiger charge is 2.31. The largest absolute Gasteiger partial charge is 0.497 e. The topological polar surface area (TPSA) is 65.1 Å². The number of allylic oxidation sites excluding steroid dienone is 1. The van der Waals surface area contributed by atoms with E-state index in [1.165, 1.54) is 0 Å². The third kappa shape index (κ3) is 7.38. The van der Waals surface area contributed by atoms with Crippen molar-refractivity contribution in [3.63, 3.8) is 0 Å². The van der Waals surface area contributed by atoms with Crippen molar-refractivity contribution in [2.24, 2.45) is 0 Å². The van der Waals surface area contributed by atoms with Crippen molar-refractivity contribution in [1.82, 2.24) is 4.31 Å². The Kier molecular flexibility index (Phi) is 10.0. The molecule has 0 heterocycles. The van der Waals surface area contributed by atoms with Gasteiger partial charge in [0.25, 0.3) is 0 Å². The molecule has 0 fully saturated rings. The summed E-state index contributed by atoms with van der Waals surface area (Å²) < 4.78 is 44.5. The molecule has 1 atom stereocenters. The zero-order chi connectivity index (χ0) is 22.7. The van der Waals surface area contributed by atoms with E-state index in [1.807, 2.05) is 48.5 Å². The predicted octanol–water partition coefficient (Wildman–Crippen LogP) is 4.41. The molecule has 0 amide bonds. The van der Waals surface area contributed by atoms with Gasteiger partial charge in [-0.25, -0.2) is 8.42 Å². The summed E-state index contributed by atoms with van der Waals surface area (Å²) in [6.45, 7) is 4.68. The molecule has 0 radical (unpaired) electrons. The smallest absolute Gasteiger partial charge is 0.217 e. The Hall–Kier alpha value is -2.35. The lowest BCUT2D eigenvalue weighted by Gasteiger charge is -2.28. The van der Waals surface area contributed by atoms with Gasteiger partial charge in [-0.1, -0.05) is 30.3 Å². The van der Waals surface area contributed by atoms with Crippen LogP contribution in [0.15, 0.2) is 61.2 Å². The predicted molar refractivity (Wildman–Crippen MR) is 124 cm³/mol. The van der Waals surface area contributed by atoms with Crippen molar-refractivity contribution in [2.45, 2.75) is 37.6 Å². The molecule has 0 aromatic heterocycles. The minimum atomic E-state index is -3.59. The second-order valence-electron chi connectivity index (χ2n) is 7.28. The van der Waals surface area contributed by atoms with Crippen LogP contribution >= 0.6 is 0 Å². The number of methoxy groups -OCH3 is 3. The molecule has 0 spiro atoms. The summed E-state index contributed by atoms with van der Waals surface area (Å²) in [7, 11) is 1.21. The summed E-state index contributed by atoms with van der Waals surface area (Å²) in [6, 6.07) is 14.9. The first-order chi connectivity index (χ1) is 14.9. The first-order valence-electron chi connectivity index (χ1n) is 10.3. The van der Waals surface area contributed by atoms with E-state index in [9.17, 15) is 8.42 Å². The van der Waals surface area contributed by atoms with Gasteiger partial charge in [0.2, 0.25) is 10.0 Å². The van der Waals surface area contributed by atoms with Gasteiger partial charge in [0, 0.05) is 26.8 Å². The normalized spacial score (nSPS) is 12.5. The Labute approximate surface area is 186 Å². The maximum Gasteiger partial charge on any atom is 0.217 e. The van der Waals surface area contributed by atoms with E-state index in [0.717, 1.165) is 22.6 Å². The Morgan fingerprint density at radius 2 is 1.35 bits per heavy atom. The summed E-state index contributed by atoms with van der Waals surface area (Å²) in [5.74, 6) is 1.47. The van der Waals surface area contributed by atoms with Gasteiger partial charge in [-0.2, -0.15) is 4.31 Å². The maximum atomic E-state index is 13.7. The minimum absolute atomic E-state index is 0.274. The van der Waals surface area contributed by atoms with Crippen LogP contribution in [0.2, 0.25) is 0 Å². The lowest BCUT2D eigenvalue weighted by molar-refractivity contribution is 0.191. The molecule has 31 heavy (non-hydrogen) atoms. The molecule has 0 aliphatic carbocycles. The Balaban J connectivity index is 2.34. The van der Waals surface area contributed by atoms with Crippen LogP contribution in [-0.2, 0) is 27.8 Å². The van der Waals surface area contributed by atoms with Crippen LogP contribution in [0.5, 0.6) is 11.5 Å². The van der Waals surface area contributed by atoms with Gasteiger partial charge in [0.05, 0.1) is 19.5 Å². The van der Waals surface area contributed by atoms with Crippen molar-refractivity contribution in [2.75, 3.05) is 27.9 Å². The van der Waals surface area contributed by atoms with Crippen LogP contribution in [0.1, 0.15) is 30.4 Å². The van der Waals surface area contributed by atoms with E-state index < -0.39 is 15.3 Å². The molecule has 6 nitrogen and oxygen atoms in total. The first-order valence-corrected chi connectivity index (χ1v) is 11.8. The highest BCUT2D eigenvalue weighted by molar-refractivity contribution is 7.89. The number of sulfonamides is 1. The Bertz CT molecular complexity index is 845. The summed E-state index contributed by atoms with van der Waals surface area (Å²) in [4.78, 5) is 0. The molecule has 0 aliphatic rings. The molecule has 0 bridgehead atoms. The molecule has 2 aromatic carbocycles. The van der Waals surface area contributed by atoms with E-state index in [0.29, 0.717) is 25.9 Å². The summed E-state index contributed by atoms with van der Waals surface area (Å²) >= 11 is 0. The molecule has 0 N–H and O–H groups in total. The maximum absolute atomic E-state index is 13.7. The van der Waals surface area contributed by atoms with Gasteiger partial charge in [-0.05, 0) is 54.7 Å². The van der Waals surface area contributed by atoms with Crippen molar-refractivity contribution >= 4 is 10.0 Å². The fraction of sp³-hybridized carbons (Fsp3) is 0.417. The quantitative estimate of drug-likeness (QED) is 0.402. The van der Waals surface area contributed by atoms with E-state index in [2.05, 4.69) is 6.58 Å². The van der Waals surface area contributed by atoms with Gasteiger partial charge < -0.3 is 14.2 Å². The molecule has 0 aliphatic heterocycles. The first kappa shape index (κ1) is 24.9. The minimum Gasteiger partial charge on any atom is -0.497 e. The molecule has 170 valence electrons. The van der Waals surface area contributed by atoms with E-state index in [1.54, 1.807) is 31.7 Å². The van der Waals surface area contributed by atoms with Gasteiger partial charge in [0.1, 0.15) is 11.5 Å². The molecule has 1 unspecified atom stereocenters. The van der Waals surface area contributed by atoms with Gasteiger partial charge in [0.15, 0.2) is 0 Å². The molecular weight excluding hydrogens is 414 g/mol. The fourth-order valence-corrected chi connectivity index (χ4v) is 5.22. The van der Waals surface area contributed by atoms with Crippen molar-refractivity contribution in [3.8, 4) is 11.5 Å². The second kappa shape index (κ2) is 12.5. The number of nitrogens with zero attached hydrogens (tertiary/aromatic N) is 1. The van der Waals surface area contributed by atoms with E-state index >= 15 is 0 Å². The van der Waals surface area contributed by atoms with Crippen LogP contribution in [0.3, 0.4) is 0 Å². The lowest BCUT2D eigenvalue weighted by Crippen LogP contribution is -2.38. The van der Waals surface area contributed by atoms with Gasteiger partial charge >= 0.3 is 0 Å². The average Bonchev–Trinajstić information content (AvgIpc) is 2.79. The van der Waals surface area contributed by atoms with Crippen LogP contribution < -0.4 is 9.47 Å². The standard InChI is InChI=1S/C24H33NO5S/c1-5-6-7-24(16-17-28-2)31(26,27)25(18-20-8-12-22(29-3)13-9-20)19-21-10-14-23(30-4)15-11-21/h5,8-15,24H,1,6-7,16-19H2,2-4H3. The molecule has 2 aromatic rings. The van der Waals surface area contributed by atoms with Crippen LogP contribution in [0.4, 0.5) is 0 Å². The van der Waals surface area contributed by atoms with E-state index in [4.69, 9.17) is 14.2 Å². The van der Waals surface area contributed by atoms with Crippen molar-refractivity contribution in [3.05, 3.63) is 72.3 Å². The second-order valence-corrected chi connectivity index (χ2v) is 9.49. The third-order valence-corrected chi connectivity index (χ3v) is 7.45. The number of rotatable bonds is 14. The molecule has 7 heteroatoms. The molecule has 0 saturated carbocycles. The average molecular weight is 448 g/mol. The highest BCUT2D eigenvalue weighted by atomic mass is 32.2. The van der Waals surface area contributed by atoms with Crippen LogP contribution in [0.25, 0.3) is 0 Å². The van der Waals surface area contributed by atoms with Gasteiger partial charge in [-0.3, -0.25) is 0 Å². The van der Waals surface area contributed by atoms with Crippen LogP contribution in [0, 0.1) is 0 Å². The molecular formula is C24H33NO5S. The third-order valence-electron chi connectivity index (χ3n) is 5.15. The van der Waals surface area contributed by atoms with E-state index in [-0.39, 0.29) is 13.1 Å². The zero-order valence-corrected chi connectivity index (χ0v) is 19.4. The molecule has 2 rings (SSSR count). The van der Waals surface area contributed by atoms with Crippen molar-refractivity contribution in [1.29, 1.82) is 0 Å². The Morgan fingerprint density at radius 1 is 0.871 bits per heavy atom. The lowest BCUT2D eigenvalue weighted by atomic mass is 10.2. The number of hydrogen-bond acceptors (Lipinski definition) is 5. The summed E-state index contributed by atoms with van der Waals surface area (Å²) in [5.41, 5.74) is 1.79. The number of ether oxygens (including phenoxy) is 3. The number of benzene rings is 2. The molecule has 0 saturated heterocycles. The van der Waals surface area contributed by atoms with Crippen LogP contribution in [-0.4, -0.2) is 45.9 Å².